The molecule has 0 unspecified atom stereocenters. The van der Waals surface area contributed by atoms with E-state index < -0.39 is 0 Å². The summed E-state index contributed by atoms with van der Waals surface area (Å²) in [6.07, 6.45) is 5.70. The summed E-state index contributed by atoms with van der Waals surface area (Å²) in [4.78, 5) is 8.55. The molecule has 0 aliphatic heterocycles. The molecular formula is C17H16N4. The molecule has 0 aliphatic carbocycles. The van der Waals surface area contributed by atoms with E-state index in [1.165, 1.54) is 0 Å². The Kier molecular flexibility index (Phi) is 3.41. The topological polar surface area (TPSA) is 54.5 Å². The molecule has 4 heteroatoms. The molecule has 0 bridgehead atoms. The molecule has 3 aromatic rings. The van der Waals surface area contributed by atoms with Crippen LogP contribution in [0, 0.1) is 17.2 Å². The summed E-state index contributed by atoms with van der Waals surface area (Å²) < 4.78 is 2.14. The van der Waals surface area contributed by atoms with Crippen molar-refractivity contribution in [2.75, 3.05) is 0 Å². The average molecular weight is 276 g/mol. The Morgan fingerprint density at radius 3 is 2.62 bits per heavy atom. The first-order valence-electron chi connectivity index (χ1n) is 6.99. The maximum Gasteiger partial charge on any atom is 0.142 e. The van der Waals surface area contributed by atoms with E-state index in [9.17, 15) is 0 Å². The first-order valence-corrected chi connectivity index (χ1v) is 6.99. The van der Waals surface area contributed by atoms with E-state index in [-0.39, 0.29) is 0 Å². The molecule has 3 heterocycles. The Hall–Kier alpha value is -2.67. The van der Waals surface area contributed by atoms with Gasteiger partial charge in [0, 0.05) is 36.1 Å². The summed E-state index contributed by atoms with van der Waals surface area (Å²) in [6, 6.07) is 9.85. The fourth-order valence-corrected chi connectivity index (χ4v) is 2.52. The third-order valence-electron chi connectivity index (χ3n) is 3.39. The second-order valence-corrected chi connectivity index (χ2v) is 5.50. The minimum absolute atomic E-state index is 0.451. The standard InChI is InChI=1S/C17H16N4/c1-12(2)10-21-11-16(13-5-7-19-8-6-13)15-4-3-14(9-18)20-17(15)21/h3-8,11-12H,10H2,1-2H3. The number of aromatic nitrogens is 3. The van der Waals surface area contributed by atoms with E-state index in [1.54, 1.807) is 18.5 Å². The number of hydrogen-bond donors (Lipinski definition) is 0. The molecule has 104 valence electrons. The lowest BCUT2D eigenvalue weighted by Crippen LogP contribution is -2.03. The van der Waals surface area contributed by atoms with E-state index in [4.69, 9.17) is 5.26 Å². The average Bonchev–Trinajstić information content (AvgIpc) is 2.85. The summed E-state index contributed by atoms with van der Waals surface area (Å²) in [5, 5.41) is 10.1. The Morgan fingerprint density at radius 2 is 1.95 bits per heavy atom. The molecule has 0 spiro atoms. The van der Waals surface area contributed by atoms with Crippen LogP contribution in [0.15, 0.2) is 42.9 Å². The van der Waals surface area contributed by atoms with Crippen LogP contribution in [0.3, 0.4) is 0 Å². The third-order valence-corrected chi connectivity index (χ3v) is 3.39. The van der Waals surface area contributed by atoms with Gasteiger partial charge in [0.15, 0.2) is 0 Å². The molecule has 0 radical (unpaired) electrons. The smallest absolute Gasteiger partial charge is 0.142 e. The molecule has 0 saturated heterocycles. The van der Waals surface area contributed by atoms with Crippen LogP contribution >= 0.6 is 0 Å². The van der Waals surface area contributed by atoms with Crippen LogP contribution < -0.4 is 0 Å². The number of pyridine rings is 2. The fourth-order valence-electron chi connectivity index (χ4n) is 2.52. The van der Waals surface area contributed by atoms with E-state index in [0.717, 1.165) is 28.7 Å². The predicted molar refractivity (Wildman–Crippen MR) is 82.5 cm³/mol. The zero-order chi connectivity index (χ0) is 14.8. The van der Waals surface area contributed by atoms with Crippen LogP contribution in [-0.2, 0) is 6.54 Å². The zero-order valence-electron chi connectivity index (χ0n) is 12.1. The Morgan fingerprint density at radius 1 is 1.19 bits per heavy atom. The Labute approximate surface area is 123 Å². The molecule has 0 aliphatic rings. The number of nitrogens with zero attached hydrogens (tertiary/aromatic N) is 4. The Balaban J connectivity index is 2.24. The molecular weight excluding hydrogens is 260 g/mol. The summed E-state index contributed by atoms with van der Waals surface area (Å²) in [6.45, 7) is 5.22. The van der Waals surface area contributed by atoms with Gasteiger partial charge >= 0.3 is 0 Å². The molecule has 0 aromatic carbocycles. The molecule has 21 heavy (non-hydrogen) atoms. The zero-order valence-corrected chi connectivity index (χ0v) is 12.1. The monoisotopic (exact) mass is 276 g/mol. The number of nitriles is 1. The largest absolute Gasteiger partial charge is 0.332 e. The number of fused-ring (bicyclic) bond motifs is 1. The first kappa shape index (κ1) is 13.3. The minimum atomic E-state index is 0.451. The van der Waals surface area contributed by atoms with Crippen molar-refractivity contribution >= 4 is 11.0 Å². The molecule has 0 fully saturated rings. The number of hydrogen-bond acceptors (Lipinski definition) is 3. The lowest BCUT2D eigenvalue weighted by molar-refractivity contribution is 0.533. The molecule has 3 aromatic heterocycles. The van der Waals surface area contributed by atoms with Gasteiger partial charge in [0.05, 0.1) is 0 Å². The van der Waals surface area contributed by atoms with Crippen molar-refractivity contribution in [3.63, 3.8) is 0 Å². The van der Waals surface area contributed by atoms with Crippen LogP contribution in [0.1, 0.15) is 19.5 Å². The Bertz CT molecular complexity index is 810. The van der Waals surface area contributed by atoms with Crippen LogP contribution in [0.5, 0.6) is 0 Å². The summed E-state index contributed by atoms with van der Waals surface area (Å²) in [5.74, 6) is 0.512. The van der Waals surface area contributed by atoms with Crippen LogP contribution in [-0.4, -0.2) is 14.5 Å². The van der Waals surface area contributed by atoms with Gasteiger partial charge in [0.2, 0.25) is 0 Å². The highest BCUT2D eigenvalue weighted by Crippen LogP contribution is 2.30. The fraction of sp³-hybridized carbons (Fsp3) is 0.235. The van der Waals surface area contributed by atoms with Gasteiger partial charge in [-0.1, -0.05) is 13.8 Å². The van der Waals surface area contributed by atoms with Gasteiger partial charge < -0.3 is 4.57 Å². The van der Waals surface area contributed by atoms with Gasteiger partial charge in [-0.05, 0) is 35.7 Å². The predicted octanol–water partition coefficient (Wildman–Crippen LogP) is 3.63. The maximum absolute atomic E-state index is 9.06. The highest BCUT2D eigenvalue weighted by Gasteiger charge is 2.13. The summed E-state index contributed by atoms with van der Waals surface area (Å²) >= 11 is 0. The number of rotatable bonds is 3. The van der Waals surface area contributed by atoms with Crippen molar-refractivity contribution in [3.8, 4) is 17.2 Å². The summed E-state index contributed by atoms with van der Waals surface area (Å²) in [5.41, 5.74) is 3.57. The molecule has 3 rings (SSSR count). The molecule has 0 saturated carbocycles. The highest BCUT2D eigenvalue weighted by atomic mass is 15.0. The quantitative estimate of drug-likeness (QED) is 0.734. The second kappa shape index (κ2) is 5.37. The normalized spacial score (nSPS) is 11.0. The van der Waals surface area contributed by atoms with Crippen molar-refractivity contribution in [2.24, 2.45) is 5.92 Å². The van der Waals surface area contributed by atoms with E-state index in [0.29, 0.717) is 11.6 Å². The molecule has 4 nitrogen and oxygen atoms in total. The van der Waals surface area contributed by atoms with Crippen molar-refractivity contribution in [1.29, 1.82) is 5.26 Å². The summed E-state index contributed by atoms with van der Waals surface area (Å²) in [7, 11) is 0. The van der Waals surface area contributed by atoms with Crippen molar-refractivity contribution < 1.29 is 0 Å². The van der Waals surface area contributed by atoms with Crippen LogP contribution in [0.2, 0.25) is 0 Å². The van der Waals surface area contributed by atoms with E-state index >= 15 is 0 Å². The molecule has 0 atom stereocenters. The van der Waals surface area contributed by atoms with Gasteiger partial charge in [-0.25, -0.2) is 4.98 Å². The van der Waals surface area contributed by atoms with Gasteiger partial charge in [0.1, 0.15) is 17.4 Å². The van der Waals surface area contributed by atoms with Gasteiger partial charge in [-0.2, -0.15) is 5.26 Å². The molecule has 0 amide bonds. The van der Waals surface area contributed by atoms with Gasteiger partial charge in [-0.3, -0.25) is 4.98 Å². The van der Waals surface area contributed by atoms with Crippen molar-refractivity contribution in [2.45, 2.75) is 20.4 Å². The van der Waals surface area contributed by atoms with Crippen LogP contribution in [0.4, 0.5) is 0 Å². The van der Waals surface area contributed by atoms with E-state index in [1.807, 2.05) is 18.2 Å². The third kappa shape index (κ3) is 2.50. The van der Waals surface area contributed by atoms with Gasteiger partial charge in [0.25, 0.3) is 0 Å². The lowest BCUT2D eigenvalue weighted by Gasteiger charge is -2.07. The minimum Gasteiger partial charge on any atom is -0.332 e. The maximum atomic E-state index is 9.06. The first-order chi connectivity index (χ1) is 10.2. The molecule has 0 N–H and O–H groups in total. The van der Waals surface area contributed by atoms with Gasteiger partial charge in [-0.15, -0.1) is 0 Å². The SMILES string of the molecule is CC(C)Cn1cc(-c2ccncc2)c2ccc(C#N)nc21. The van der Waals surface area contributed by atoms with Crippen molar-refractivity contribution in [3.05, 3.63) is 48.5 Å². The second-order valence-electron chi connectivity index (χ2n) is 5.50. The van der Waals surface area contributed by atoms with Crippen LogP contribution in [0.25, 0.3) is 22.2 Å². The lowest BCUT2D eigenvalue weighted by atomic mass is 10.1. The van der Waals surface area contributed by atoms with Crippen molar-refractivity contribution in [1.82, 2.24) is 14.5 Å². The van der Waals surface area contributed by atoms with E-state index in [2.05, 4.69) is 40.6 Å². The highest BCUT2D eigenvalue weighted by molar-refractivity contribution is 5.94.